The first-order valence-corrected chi connectivity index (χ1v) is 6.36. The van der Waals surface area contributed by atoms with E-state index in [0.717, 1.165) is 4.31 Å². The average Bonchev–Trinajstić information content (AvgIpc) is 2.30. The first-order valence-electron chi connectivity index (χ1n) is 4.97. The second kappa shape index (κ2) is 7.64. The van der Waals surface area contributed by atoms with Gasteiger partial charge in [0.15, 0.2) is 0 Å². The van der Waals surface area contributed by atoms with E-state index in [-0.39, 0.29) is 35.0 Å². The van der Waals surface area contributed by atoms with Crippen molar-refractivity contribution in [3.8, 4) is 0 Å². The Balaban J connectivity index is 0.00000162. The van der Waals surface area contributed by atoms with E-state index < -0.39 is 10.3 Å². The van der Waals surface area contributed by atoms with Crippen LogP contribution in [0.1, 0.15) is 0 Å². The van der Waals surface area contributed by atoms with Gasteiger partial charge >= 0.3 is 39.9 Å². The van der Waals surface area contributed by atoms with Crippen LogP contribution in [-0.4, -0.2) is 48.0 Å². The molecule has 5 nitrogen and oxygen atoms in total. The van der Waals surface area contributed by atoms with Gasteiger partial charge in [0.2, 0.25) is 0 Å². The van der Waals surface area contributed by atoms with E-state index in [0.29, 0.717) is 11.4 Å². The summed E-state index contributed by atoms with van der Waals surface area (Å²) in [5, 5.41) is 0. The second-order valence-electron chi connectivity index (χ2n) is 3.41. The topological polar surface area (TPSA) is 89.1 Å². The molecule has 0 bridgehead atoms. The van der Waals surface area contributed by atoms with E-state index in [9.17, 15) is 13.0 Å². The summed E-state index contributed by atoms with van der Waals surface area (Å²) in [5.41, 5.74) is 0.780. The van der Waals surface area contributed by atoms with Gasteiger partial charge in [0.05, 0.1) is 11.4 Å². The van der Waals surface area contributed by atoms with Gasteiger partial charge in [-0.3, -0.25) is 4.55 Å². The quantitative estimate of drug-likeness (QED) is 0.679. The molecule has 2 aromatic rings. The van der Waals surface area contributed by atoms with Crippen LogP contribution in [-0.2, 0) is 10.3 Å². The molecule has 2 rings (SSSR count). The fourth-order valence-electron chi connectivity index (χ4n) is 1.54. The molecule has 0 heterocycles. The summed E-state index contributed by atoms with van der Waals surface area (Å²) in [4.78, 5) is 0. The van der Waals surface area contributed by atoms with Gasteiger partial charge in [-0.25, -0.2) is 4.31 Å². The number of hydrogen-bond donors (Lipinski definition) is 1. The Morgan fingerprint density at radius 1 is 0.789 bits per heavy atom. The second-order valence-corrected chi connectivity index (χ2v) is 4.67. The van der Waals surface area contributed by atoms with Crippen LogP contribution in [0.5, 0.6) is 0 Å². The SMILES string of the molecule is O.O=S(=O)(O)N(c1ccccc1)c1ccccc1.[NaH]. The fraction of sp³-hybridized carbons (Fsp3) is 0. The van der Waals surface area contributed by atoms with Crippen LogP contribution in [0.25, 0.3) is 0 Å². The zero-order chi connectivity index (χ0) is 12.3. The fourth-order valence-corrected chi connectivity index (χ4v) is 2.32. The molecule has 0 atom stereocenters. The van der Waals surface area contributed by atoms with Crippen molar-refractivity contribution < 1.29 is 18.4 Å². The number of rotatable bonds is 3. The number of benzene rings is 2. The molecule has 19 heavy (non-hydrogen) atoms. The number of para-hydroxylation sites is 2. The van der Waals surface area contributed by atoms with E-state index in [4.69, 9.17) is 0 Å². The number of hydrogen-bond acceptors (Lipinski definition) is 2. The molecule has 0 saturated carbocycles. The van der Waals surface area contributed by atoms with E-state index in [1.807, 2.05) is 0 Å². The average molecular weight is 291 g/mol. The first-order chi connectivity index (χ1) is 8.09. The summed E-state index contributed by atoms with van der Waals surface area (Å²) >= 11 is 0. The first kappa shape index (κ1) is 18.1. The van der Waals surface area contributed by atoms with Gasteiger partial charge in [0.25, 0.3) is 0 Å². The molecular formula is C12H14NNaO4S. The molecule has 0 unspecified atom stereocenters. The Bertz CT molecular complexity index is 550. The van der Waals surface area contributed by atoms with Crippen LogP contribution in [0.3, 0.4) is 0 Å². The monoisotopic (exact) mass is 291 g/mol. The predicted octanol–water partition coefficient (Wildman–Crippen LogP) is 1.15. The van der Waals surface area contributed by atoms with Crippen molar-refractivity contribution in [3.63, 3.8) is 0 Å². The zero-order valence-electron chi connectivity index (χ0n) is 9.39. The molecule has 98 valence electrons. The predicted molar refractivity (Wildman–Crippen MR) is 77.3 cm³/mol. The molecule has 0 radical (unpaired) electrons. The van der Waals surface area contributed by atoms with Crippen molar-refractivity contribution in [2.75, 3.05) is 4.31 Å². The maximum absolute atomic E-state index is 11.4. The maximum atomic E-state index is 11.4. The van der Waals surface area contributed by atoms with Crippen LogP contribution in [0.2, 0.25) is 0 Å². The van der Waals surface area contributed by atoms with E-state index in [1.54, 1.807) is 60.7 Å². The molecule has 2 aromatic carbocycles. The van der Waals surface area contributed by atoms with Crippen molar-refractivity contribution in [3.05, 3.63) is 60.7 Å². The van der Waals surface area contributed by atoms with E-state index in [1.165, 1.54) is 0 Å². The van der Waals surface area contributed by atoms with Crippen LogP contribution in [0.4, 0.5) is 11.4 Å². The van der Waals surface area contributed by atoms with Gasteiger partial charge in [-0.15, -0.1) is 0 Å². The van der Waals surface area contributed by atoms with Crippen molar-refractivity contribution in [2.45, 2.75) is 0 Å². The molecule has 0 amide bonds. The minimum absolute atomic E-state index is 0. The van der Waals surface area contributed by atoms with Crippen molar-refractivity contribution >= 4 is 51.2 Å². The van der Waals surface area contributed by atoms with Gasteiger partial charge in [-0.1, -0.05) is 36.4 Å². The Morgan fingerprint density at radius 3 is 1.37 bits per heavy atom. The Hall–Kier alpha value is -0.890. The zero-order valence-corrected chi connectivity index (χ0v) is 10.2. The van der Waals surface area contributed by atoms with Crippen LogP contribution >= 0.6 is 0 Å². The van der Waals surface area contributed by atoms with Gasteiger partial charge in [0, 0.05) is 0 Å². The Kier molecular flexibility index (Phi) is 7.28. The molecule has 7 heteroatoms. The third kappa shape index (κ3) is 4.61. The number of nitrogens with zero attached hydrogens (tertiary/aromatic N) is 1. The van der Waals surface area contributed by atoms with Gasteiger partial charge in [-0.05, 0) is 24.3 Å². The third-order valence-electron chi connectivity index (χ3n) is 2.21. The van der Waals surface area contributed by atoms with Crippen LogP contribution in [0.15, 0.2) is 60.7 Å². The Morgan fingerprint density at radius 2 is 1.11 bits per heavy atom. The third-order valence-corrected chi connectivity index (χ3v) is 3.10. The summed E-state index contributed by atoms with van der Waals surface area (Å²) in [6.45, 7) is 0. The molecule has 0 saturated heterocycles. The normalized spacial score (nSPS) is 9.95. The molecule has 0 aliphatic heterocycles. The molecule has 0 spiro atoms. The molecule has 0 aliphatic carbocycles. The van der Waals surface area contributed by atoms with Gasteiger partial charge in [0.1, 0.15) is 0 Å². The summed E-state index contributed by atoms with van der Waals surface area (Å²) < 4.78 is 33.0. The van der Waals surface area contributed by atoms with Gasteiger partial charge in [-0.2, -0.15) is 8.42 Å². The molecule has 0 aromatic heterocycles. The molecule has 0 fully saturated rings. The summed E-state index contributed by atoms with van der Waals surface area (Å²) in [6.07, 6.45) is 0. The van der Waals surface area contributed by atoms with Crippen molar-refractivity contribution in [1.29, 1.82) is 0 Å². The van der Waals surface area contributed by atoms with Crippen LogP contribution < -0.4 is 4.31 Å². The standard InChI is InChI=1S/C12H11NO3S.Na.H2O.H/c14-17(15,16)13(11-7-3-1-4-8-11)12-9-5-2-6-10-12;;;/h1-10H,(H,14,15,16);;1H2;. The summed E-state index contributed by atoms with van der Waals surface area (Å²) in [6, 6.07) is 16.8. The van der Waals surface area contributed by atoms with Crippen LogP contribution in [0, 0.1) is 0 Å². The van der Waals surface area contributed by atoms with Crippen molar-refractivity contribution in [2.24, 2.45) is 0 Å². The summed E-state index contributed by atoms with van der Waals surface area (Å²) in [7, 11) is -4.34. The minimum atomic E-state index is -4.34. The number of anilines is 2. The molecule has 3 N–H and O–H groups in total. The molecule has 0 aliphatic rings. The van der Waals surface area contributed by atoms with Crippen molar-refractivity contribution in [1.82, 2.24) is 0 Å². The summed E-state index contributed by atoms with van der Waals surface area (Å²) in [5.74, 6) is 0. The Labute approximate surface area is 134 Å². The van der Waals surface area contributed by atoms with Gasteiger partial charge < -0.3 is 5.48 Å². The molecular weight excluding hydrogens is 277 g/mol. The van der Waals surface area contributed by atoms with E-state index >= 15 is 0 Å². The van der Waals surface area contributed by atoms with E-state index in [2.05, 4.69) is 0 Å².